The Morgan fingerprint density at radius 2 is 2.38 bits per heavy atom. The van der Waals surface area contributed by atoms with Gasteiger partial charge in [0.1, 0.15) is 5.82 Å². The van der Waals surface area contributed by atoms with Gasteiger partial charge in [0, 0.05) is 30.4 Å². The standard InChI is InChI=1S/C10H15N3/c11-10(3-4-10)8-2-1-6-13-7-5-12-9(8)13/h5,7-8H,1-4,6,11H2. The maximum atomic E-state index is 6.24. The molecule has 1 unspecified atom stereocenters. The minimum atomic E-state index is 0.101. The molecule has 2 aliphatic rings. The molecule has 3 heteroatoms. The lowest BCUT2D eigenvalue weighted by atomic mass is 9.89. The normalized spacial score (nSPS) is 29.8. The zero-order valence-corrected chi connectivity index (χ0v) is 7.74. The first-order valence-electron chi connectivity index (χ1n) is 5.09. The number of nitrogens with two attached hydrogens (primary N) is 1. The first-order chi connectivity index (χ1) is 6.30. The van der Waals surface area contributed by atoms with Gasteiger partial charge in [0.05, 0.1) is 0 Å². The third kappa shape index (κ3) is 1.03. The summed E-state index contributed by atoms with van der Waals surface area (Å²) in [4.78, 5) is 4.43. The second-order valence-corrected chi connectivity index (χ2v) is 4.41. The summed E-state index contributed by atoms with van der Waals surface area (Å²) in [5.41, 5.74) is 6.34. The molecule has 1 aromatic heterocycles. The van der Waals surface area contributed by atoms with E-state index in [1.54, 1.807) is 0 Å². The van der Waals surface area contributed by atoms with Crippen molar-refractivity contribution in [3.8, 4) is 0 Å². The summed E-state index contributed by atoms with van der Waals surface area (Å²) >= 11 is 0. The lowest BCUT2D eigenvalue weighted by Crippen LogP contribution is -2.34. The average molecular weight is 177 g/mol. The van der Waals surface area contributed by atoms with Gasteiger partial charge < -0.3 is 10.3 Å². The van der Waals surface area contributed by atoms with Gasteiger partial charge in [0.15, 0.2) is 0 Å². The molecular formula is C10H15N3. The summed E-state index contributed by atoms with van der Waals surface area (Å²) in [7, 11) is 0. The minimum absolute atomic E-state index is 0.101. The van der Waals surface area contributed by atoms with Crippen molar-refractivity contribution >= 4 is 0 Å². The summed E-state index contributed by atoms with van der Waals surface area (Å²) in [6, 6.07) is 0. The van der Waals surface area contributed by atoms with Crippen LogP contribution in [0.25, 0.3) is 0 Å². The number of nitrogens with zero attached hydrogens (tertiary/aromatic N) is 2. The molecule has 1 fully saturated rings. The van der Waals surface area contributed by atoms with E-state index < -0.39 is 0 Å². The van der Waals surface area contributed by atoms with Crippen molar-refractivity contribution in [3.63, 3.8) is 0 Å². The Morgan fingerprint density at radius 3 is 3.15 bits per heavy atom. The Morgan fingerprint density at radius 1 is 1.54 bits per heavy atom. The molecular weight excluding hydrogens is 162 g/mol. The zero-order chi connectivity index (χ0) is 8.89. The predicted molar refractivity (Wildman–Crippen MR) is 50.4 cm³/mol. The molecule has 0 saturated heterocycles. The molecule has 0 amide bonds. The number of aromatic nitrogens is 2. The summed E-state index contributed by atoms with van der Waals surface area (Å²) in [5.74, 6) is 1.75. The Balaban J connectivity index is 2.00. The van der Waals surface area contributed by atoms with Crippen LogP contribution in [0.15, 0.2) is 12.4 Å². The number of aryl methyl sites for hydroxylation is 1. The first-order valence-corrected chi connectivity index (χ1v) is 5.09. The van der Waals surface area contributed by atoms with Crippen LogP contribution < -0.4 is 5.73 Å². The van der Waals surface area contributed by atoms with Gasteiger partial charge >= 0.3 is 0 Å². The molecule has 13 heavy (non-hydrogen) atoms. The van der Waals surface area contributed by atoms with E-state index in [-0.39, 0.29) is 5.54 Å². The van der Waals surface area contributed by atoms with E-state index in [1.807, 2.05) is 6.20 Å². The van der Waals surface area contributed by atoms with Crippen LogP contribution in [0.2, 0.25) is 0 Å². The highest BCUT2D eigenvalue weighted by atomic mass is 15.1. The topological polar surface area (TPSA) is 43.8 Å². The monoisotopic (exact) mass is 177 g/mol. The third-order valence-corrected chi connectivity index (χ3v) is 3.47. The molecule has 0 aromatic carbocycles. The molecule has 0 spiro atoms. The van der Waals surface area contributed by atoms with Crippen LogP contribution in [-0.2, 0) is 6.54 Å². The van der Waals surface area contributed by atoms with E-state index in [9.17, 15) is 0 Å². The van der Waals surface area contributed by atoms with Crippen LogP contribution in [0, 0.1) is 0 Å². The van der Waals surface area contributed by atoms with E-state index in [0.717, 1.165) is 6.54 Å². The molecule has 1 aromatic rings. The minimum Gasteiger partial charge on any atom is -0.335 e. The van der Waals surface area contributed by atoms with Gasteiger partial charge in [0.25, 0.3) is 0 Å². The van der Waals surface area contributed by atoms with Crippen molar-refractivity contribution in [1.82, 2.24) is 9.55 Å². The second-order valence-electron chi connectivity index (χ2n) is 4.41. The van der Waals surface area contributed by atoms with E-state index in [2.05, 4.69) is 15.7 Å². The molecule has 0 bridgehead atoms. The van der Waals surface area contributed by atoms with Gasteiger partial charge in [0.2, 0.25) is 0 Å². The summed E-state index contributed by atoms with van der Waals surface area (Å²) in [5, 5.41) is 0. The molecule has 3 rings (SSSR count). The van der Waals surface area contributed by atoms with Gasteiger partial charge in [-0.3, -0.25) is 0 Å². The largest absolute Gasteiger partial charge is 0.335 e. The second kappa shape index (κ2) is 2.35. The fourth-order valence-electron chi connectivity index (χ4n) is 2.45. The van der Waals surface area contributed by atoms with E-state index in [4.69, 9.17) is 5.73 Å². The zero-order valence-electron chi connectivity index (χ0n) is 7.74. The van der Waals surface area contributed by atoms with Gasteiger partial charge in [-0.1, -0.05) is 0 Å². The maximum Gasteiger partial charge on any atom is 0.113 e. The average Bonchev–Trinajstić information content (AvgIpc) is 2.72. The summed E-state index contributed by atoms with van der Waals surface area (Å²) < 4.78 is 2.26. The van der Waals surface area contributed by atoms with Crippen molar-refractivity contribution < 1.29 is 0 Å². The number of hydrogen-bond donors (Lipinski definition) is 1. The number of rotatable bonds is 1. The molecule has 1 aliphatic heterocycles. The van der Waals surface area contributed by atoms with E-state index >= 15 is 0 Å². The number of imidazole rings is 1. The van der Waals surface area contributed by atoms with Crippen molar-refractivity contribution in [2.75, 3.05) is 0 Å². The molecule has 1 saturated carbocycles. The predicted octanol–water partition coefficient (Wildman–Crippen LogP) is 1.25. The fraction of sp³-hybridized carbons (Fsp3) is 0.700. The molecule has 1 atom stereocenters. The first kappa shape index (κ1) is 7.56. The quantitative estimate of drug-likeness (QED) is 0.701. The van der Waals surface area contributed by atoms with E-state index in [0.29, 0.717) is 5.92 Å². The van der Waals surface area contributed by atoms with Crippen molar-refractivity contribution in [1.29, 1.82) is 0 Å². The highest BCUT2D eigenvalue weighted by Crippen LogP contribution is 2.48. The van der Waals surface area contributed by atoms with Crippen LogP contribution in [0.1, 0.15) is 37.4 Å². The lowest BCUT2D eigenvalue weighted by Gasteiger charge is -2.28. The highest BCUT2D eigenvalue weighted by Gasteiger charge is 2.48. The van der Waals surface area contributed by atoms with E-state index in [1.165, 1.54) is 31.5 Å². The van der Waals surface area contributed by atoms with Crippen molar-refractivity contribution in [2.45, 2.75) is 43.7 Å². The van der Waals surface area contributed by atoms with Crippen molar-refractivity contribution in [2.24, 2.45) is 5.73 Å². The van der Waals surface area contributed by atoms with Crippen LogP contribution in [0.5, 0.6) is 0 Å². The smallest absolute Gasteiger partial charge is 0.113 e. The molecule has 2 heterocycles. The molecule has 0 radical (unpaired) electrons. The molecule has 1 aliphatic carbocycles. The Labute approximate surface area is 78.0 Å². The molecule has 2 N–H and O–H groups in total. The SMILES string of the molecule is NC1(C2CCCn3ccnc32)CC1. The summed E-state index contributed by atoms with van der Waals surface area (Å²) in [6.45, 7) is 1.13. The Kier molecular flexibility index (Phi) is 1.37. The van der Waals surface area contributed by atoms with Gasteiger partial charge in [-0.25, -0.2) is 4.98 Å². The van der Waals surface area contributed by atoms with Crippen LogP contribution >= 0.6 is 0 Å². The van der Waals surface area contributed by atoms with Gasteiger partial charge in [-0.15, -0.1) is 0 Å². The number of fused-ring (bicyclic) bond motifs is 1. The van der Waals surface area contributed by atoms with Crippen LogP contribution in [0.4, 0.5) is 0 Å². The fourth-order valence-corrected chi connectivity index (χ4v) is 2.45. The lowest BCUT2D eigenvalue weighted by molar-refractivity contribution is 0.379. The Bertz CT molecular complexity index is 325. The highest BCUT2D eigenvalue weighted by molar-refractivity contribution is 5.18. The van der Waals surface area contributed by atoms with Gasteiger partial charge in [-0.2, -0.15) is 0 Å². The maximum absolute atomic E-state index is 6.24. The van der Waals surface area contributed by atoms with Crippen molar-refractivity contribution in [3.05, 3.63) is 18.2 Å². The molecule has 3 nitrogen and oxygen atoms in total. The third-order valence-electron chi connectivity index (χ3n) is 3.47. The van der Waals surface area contributed by atoms with Gasteiger partial charge in [-0.05, 0) is 25.7 Å². The Hall–Kier alpha value is -0.830. The number of hydrogen-bond acceptors (Lipinski definition) is 2. The summed E-state index contributed by atoms with van der Waals surface area (Å²) in [6.07, 6.45) is 8.84. The van der Waals surface area contributed by atoms with Crippen LogP contribution in [-0.4, -0.2) is 15.1 Å². The van der Waals surface area contributed by atoms with Crippen LogP contribution in [0.3, 0.4) is 0 Å². The molecule has 70 valence electrons.